The maximum absolute atomic E-state index is 13.3. The van der Waals surface area contributed by atoms with E-state index in [0.29, 0.717) is 5.56 Å². The first-order chi connectivity index (χ1) is 6.60. The summed E-state index contributed by atoms with van der Waals surface area (Å²) in [6.07, 6.45) is 0. The third kappa shape index (κ3) is 1.96. The molecular weight excluding hydrogens is 187 g/mol. The van der Waals surface area contributed by atoms with Gasteiger partial charge in [-0.3, -0.25) is 0 Å². The van der Waals surface area contributed by atoms with Gasteiger partial charge in [0.1, 0.15) is 5.82 Å². The molecule has 0 spiro atoms. The van der Waals surface area contributed by atoms with Crippen LogP contribution in [0.1, 0.15) is 18.4 Å². The number of hydrogen-bond acceptors (Lipinski definition) is 3. The Morgan fingerprint density at radius 1 is 1.50 bits per heavy atom. The lowest BCUT2D eigenvalue weighted by Gasteiger charge is -2.12. The fraction of sp³-hybridized carbons (Fsp3) is 0.400. The molecule has 0 heterocycles. The quantitative estimate of drug-likeness (QED) is 0.779. The summed E-state index contributed by atoms with van der Waals surface area (Å²) in [5.41, 5.74) is 0.335. The van der Waals surface area contributed by atoms with Crippen molar-refractivity contribution in [3.63, 3.8) is 0 Å². The highest BCUT2D eigenvalue weighted by atomic mass is 19.1. The van der Waals surface area contributed by atoms with Gasteiger partial charge in [-0.15, -0.1) is 0 Å². The van der Waals surface area contributed by atoms with E-state index in [1.807, 2.05) is 0 Å². The number of aliphatic hydroxyl groups excluding tert-OH is 1. The van der Waals surface area contributed by atoms with Crippen LogP contribution in [0, 0.1) is 5.82 Å². The molecule has 3 nitrogen and oxygen atoms in total. The number of hydrogen-bond donors (Lipinski definition) is 2. The Balaban J connectivity index is 3.17. The molecule has 0 aliphatic carbocycles. The normalized spacial score (nSPS) is 12.6. The van der Waals surface area contributed by atoms with E-state index in [1.54, 1.807) is 6.92 Å². The van der Waals surface area contributed by atoms with Crippen molar-refractivity contribution in [3.05, 3.63) is 23.5 Å². The summed E-state index contributed by atoms with van der Waals surface area (Å²) < 4.78 is 18.1. The maximum Gasteiger partial charge on any atom is 0.160 e. The molecule has 0 aliphatic rings. The van der Waals surface area contributed by atoms with Crippen molar-refractivity contribution in [1.82, 2.24) is 0 Å². The van der Waals surface area contributed by atoms with Gasteiger partial charge in [0.05, 0.1) is 7.11 Å². The molecule has 1 atom stereocenters. The van der Waals surface area contributed by atoms with Crippen LogP contribution in [0.5, 0.6) is 11.5 Å². The van der Waals surface area contributed by atoms with E-state index >= 15 is 0 Å². The minimum absolute atomic E-state index is 0.148. The van der Waals surface area contributed by atoms with Crippen LogP contribution in [0.15, 0.2) is 12.1 Å². The second kappa shape index (κ2) is 4.28. The molecule has 0 aromatic heterocycles. The first-order valence-corrected chi connectivity index (χ1v) is 4.27. The molecular formula is C10H13FO3. The van der Waals surface area contributed by atoms with Gasteiger partial charge >= 0.3 is 0 Å². The van der Waals surface area contributed by atoms with E-state index < -0.39 is 5.82 Å². The lowest BCUT2D eigenvalue weighted by Crippen LogP contribution is -2.02. The standard InChI is InChI=1S/C10H13FO3/c1-6(5-12)7-3-10(14-2)9(13)4-8(7)11/h3-4,6,12-13H,5H2,1-2H3. The van der Waals surface area contributed by atoms with Crippen LogP contribution in [-0.2, 0) is 0 Å². The number of halogens is 1. The largest absolute Gasteiger partial charge is 0.504 e. The van der Waals surface area contributed by atoms with Gasteiger partial charge in [0.2, 0.25) is 0 Å². The van der Waals surface area contributed by atoms with Crippen LogP contribution in [0.3, 0.4) is 0 Å². The molecule has 0 saturated heterocycles. The van der Waals surface area contributed by atoms with Crippen molar-refractivity contribution >= 4 is 0 Å². The SMILES string of the molecule is COc1cc(C(C)CO)c(F)cc1O. The predicted molar refractivity (Wildman–Crippen MR) is 50.1 cm³/mol. The summed E-state index contributed by atoms with van der Waals surface area (Å²) >= 11 is 0. The van der Waals surface area contributed by atoms with E-state index in [0.717, 1.165) is 6.07 Å². The number of rotatable bonds is 3. The van der Waals surface area contributed by atoms with Gasteiger partial charge in [-0.25, -0.2) is 4.39 Å². The number of aliphatic hydroxyl groups is 1. The van der Waals surface area contributed by atoms with Crippen molar-refractivity contribution in [2.24, 2.45) is 0 Å². The first kappa shape index (κ1) is 10.8. The summed E-state index contributed by atoms with van der Waals surface area (Å²) in [4.78, 5) is 0. The van der Waals surface area contributed by atoms with Crippen LogP contribution in [0.25, 0.3) is 0 Å². The number of phenolic OH excluding ortho intramolecular Hbond substituents is 1. The number of aromatic hydroxyl groups is 1. The van der Waals surface area contributed by atoms with E-state index in [2.05, 4.69) is 0 Å². The highest BCUT2D eigenvalue weighted by Gasteiger charge is 2.14. The highest BCUT2D eigenvalue weighted by Crippen LogP contribution is 2.31. The van der Waals surface area contributed by atoms with Crippen LogP contribution < -0.4 is 4.74 Å². The number of phenols is 1. The monoisotopic (exact) mass is 200 g/mol. The molecule has 0 saturated carbocycles. The van der Waals surface area contributed by atoms with Crippen LogP contribution in [0.4, 0.5) is 4.39 Å². The van der Waals surface area contributed by atoms with Gasteiger partial charge in [-0.05, 0) is 11.6 Å². The Labute approximate surface area is 81.8 Å². The van der Waals surface area contributed by atoms with Gasteiger partial charge < -0.3 is 14.9 Å². The average Bonchev–Trinajstić information content (AvgIpc) is 2.17. The van der Waals surface area contributed by atoms with Gasteiger partial charge in [0.15, 0.2) is 11.5 Å². The van der Waals surface area contributed by atoms with Gasteiger partial charge in [-0.2, -0.15) is 0 Å². The van der Waals surface area contributed by atoms with Gasteiger partial charge in [0, 0.05) is 18.6 Å². The second-order valence-electron chi connectivity index (χ2n) is 3.13. The summed E-state index contributed by atoms with van der Waals surface area (Å²) in [5.74, 6) is -0.880. The average molecular weight is 200 g/mol. The predicted octanol–water partition coefficient (Wildman–Crippen LogP) is 1.64. The fourth-order valence-corrected chi connectivity index (χ4v) is 1.20. The molecule has 0 radical (unpaired) electrons. The van der Waals surface area contributed by atoms with Gasteiger partial charge in [-0.1, -0.05) is 6.92 Å². The molecule has 0 bridgehead atoms. The third-order valence-corrected chi connectivity index (χ3v) is 2.10. The maximum atomic E-state index is 13.3. The Kier molecular flexibility index (Phi) is 3.30. The molecule has 4 heteroatoms. The van der Waals surface area contributed by atoms with Crippen LogP contribution in [0.2, 0.25) is 0 Å². The fourth-order valence-electron chi connectivity index (χ4n) is 1.20. The topological polar surface area (TPSA) is 49.7 Å². The zero-order valence-electron chi connectivity index (χ0n) is 8.12. The Morgan fingerprint density at radius 2 is 2.14 bits per heavy atom. The van der Waals surface area contributed by atoms with Crippen molar-refractivity contribution in [1.29, 1.82) is 0 Å². The Hall–Kier alpha value is -1.29. The van der Waals surface area contributed by atoms with E-state index in [4.69, 9.17) is 9.84 Å². The van der Waals surface area contributed by atoms with Crippen molar-refractivity contribution in [3.8, 4) is 11.5 Å². The molecule has 14 heavy (non-hydrogen) atoms. The second-order valence-corrected chi connectivity index (χ2v) is 3.13. The minimum atomic E-state index is -0.537. The van der Waals surface area contributed by atoms with Crippen molar-refractivity contribution in [2.45, 2.75) is 12.8 Å². The first-order valence-electron chi connectivity index (χ1n) is 4.27. The van der Waals surface area contributed by atoms with Crippen LogP contribution in [-0.4, -0.2) is 23.9 Å². The molecule has 1 aromatic carbocycles. The molecule has 1 unspecified atom stereocenters. The molecule has 2 N–H and O–H groups in total. The summed E-state index contributed by atoms with van der Waals surface area (Å²) in [6, 6.07) is 2.38. The number of benzene rings is 1. The zero-order valence-corrected chi connectivity index (χ0v) is 8.12. The van der Waals surface area contributed by atoms with E-state index in [9.17, 15) is 9.50 Å². The number of ether oxygens (including phenoxy) is 1. The third-order valence-electron chi connectivity index (χ3n) is 2.10. The summed E-state index contributed by atoms with van der Waals surface area (Å²) in [7, 11) is 1.39. The summed E-state index contributed by atoms with van der Waals surface area (Å²) in [6.45, 7) is 1.54. The lowest BCUT2D eigenvalue weighted by molar-refractivity contribution is 0.269. The van der Waals surface area contributed by atoms with E-state index in [1.165, 1.54) is 13.2 Å². The molecule has 0 fully saturated rings. The number of methoxy groups -OCH3 is 1. The highest BCUT2D eigenvalue weighted by molar-refractivity contribution is 5.43. The van der Waals surface area contributed by atoms with Crippen LogP contribution >= 0.6 is 0 Å². The Bertz CT molecular complexity index is 325. The molecule has 78 valence electrons. The lowest BCUT2D eigenvalue weighted by atomic mass is 10.0. The van der Waals surface area contributed by atoms with E-state index in [-0.39, 0.29) is 24.0 Å². The summed E-state index contributed by atoms with van der Waals surface area (Å²) in [5, 5.41) is 18.1. The molecule has 0 amide bonds. The molecule has 1 aromatic rings. The zero-order chi connectivity index (χ0) is 10.7. The molecule has 0 aliphatic heterocycles. The molecule has 1 rings (SSSR count). The van der Waals surface area contributed by atoms with Gasteiger partial charge in [0.25, 0.3) is 0 Å². The minimum Gasteiger partial charge on any atom is -0.504 e. The van der Waals surface area contributed by atoms with Crippen molar-refractivity contribution < 1.29 is 19.3 Å². The van der Waals surface area contributed by atoms with Crippen molar-refractivity contribution in [2.75, 3.05) is 13.7 Å². The Morgan fingerprint density at radius 3 is 2.64 bits per heavy atom. The smallest absolute Gasteiger partial charge is 0.160 e.